The normalized spacial score (nSPS) is 24.7. The van der Waals surface area contributed by atoms with Crippen LogP contribution in [0.15, 0.2) is 11.2 Å². The van der Waals surface area contributed by atoms with Crippen molar-refractivity contribution in [1.29, 1.82) is 0 Å². The van der Waals surface area contributed by atoms with Crippen LogP contribution in [0.5, 0.6) is 0 Å². The van der Waals surface area contributed by atoms with E-state index in [1.54, 1.807) is 0 Å². The van der Waals surface area contributed by atoms with Gasteiger partial charge in [-0.3, -0.25) is 0 Å². The van der Waals surface area contributed by atoms with Crippen molar-refractivity contribution in [1.82, 2.24) is 0 Å². The van der Waals surface area contributed by atoms with Crippen LogP contribution in [0.2, 0.25) is 0 Å². The van der Waals surface area contributed by atoms with Gasteiger partial charge in [0.2, 0.25) is 0 Å². The van der Waals surface area contributed by atoms with Gasteiger partial charge in [0.05, 0.1) is 6.04 Å². The molecule has 2 aliphatic rings. The Morgan fingerprint density at radius 3 is 3.00 bits per heavy atom. The van der Waals surface area contributed by atoms with Crippen molar-refractivity contribution in [3.8, 4) is 0 Å². The Morgan fingerprint density at radius 1 is 1.50 bits per heavy atom. The van der Waals surface area contributed by atoms with E-state index >= 15 is 0 Å². The number of anilines is 1. The van der Waals surface area contributed by atoms with Crippen LogP contribution in [0.25, 0.3) is 10.4 Å². The molecule has 0 aliphatic carbocycles. The summed E-state index contributed by atoms with van der Waals surface area (Å²) in [7, 11) is 0. The topological polar surface area (TPSA) is 52.0 Å². The lowest BCUT2D eigenvalue weighted by atomic mass is 9.87. The summed E-state index contributed by atoms with van der Waals surface area (Å²) in [4.78, 5) is 4.83. The van der Waals surface area contributed by atoms with Gasteiger partial charge in [-0.2, -0.15) is 0 Å². The van der Waals surface area contributed by atoms with E-state index in [9.17, 15) is 8.78 Å². The maximum Gasteiger partial charge on any atom is 0.164 e. The summed E-state index contributed by atoms with van der Waals surface area (Å²) in [5.74, 6) is -1.62. The summed E-state index contributed by atoms with van der Waals surface area (Å²) < 4.78 is 27.3. The molecule has 2 heterocycles. The first-order valence-electron chi connectivity index (χ1n) is 5.93. The smallest absolute Gasteiger partial charge is 0.164 e. The van der Waals surface area contributed by atoms with Gasteiger partial charge in [0.1, 0.15) is 0 Å². The van der Waals surface area contributed by atoms with E-state index in [1.807, 2.05) is 11.8 Å². The third-order valence-electron chi connectivity index (χ3n) is 3.94. The highest BCUT2D eigenvalue weighted by molar-refractivity contribution is 5.67. The first-order chi connectivity index (χ1) is 8.63. The summed E-state index contributed by atoms with van der Waals surface area (Å²) >= 11 is 0. The second-order valence-corrected chi connectivity index (χ2v) is 4.85. The number of halogens is 2. The molecule has 0 bridgehead atoms. The van der Waals surface area contributed by atoms with Crippen molar-refractivity contribution in [2.75, 3.05) is 18.0 Å². The fourth-order valence-corrected chi connectivity index (χ4v) is 2.97. The molecule has 94 valence electrons. The highest BCUT2D eigenvalue weighted by Gasteiger charge is 2.37. The summed E-state index contributed by atoms with van der Waals surface area (Å²) in [6.07, 6.45) is 0.516. The van der Waals surface area contributed by atoms with E-state index in [-0.39, 0.29) is 12.0 Å². The van der Waals surface area contributed by atoms with Crippen molar-refractivity contribution in [3.63, 3.8) is 0 Å². The Hall–Kier alpha value is -1.81. The van der Waals surface area contributed by atoms with E-state index in [0.717, 1.165) is 11.3 Å². The van der Waals surface area contributed by atoms with Crippen LogP contribution < -0.4 is 4.90 Å². The van der Waals surface area contributed by atoms with Crippen LogP contribution >= 0.6 is 0 Å². The molecule has 0 radical (unpaired) electrons. The summed E-state index contributed by atoms with van der Waals surface area (Å²) in [6.45, 7) is 3.13. The first kappa shape index (κ1) is 11.3. The number of rotatable bonds is 1. The first-order valence-corrected chi connectivity index (χ1v) is 5.93. The predicted molar refractivity (Wildman–Crippen MR) is 63.6 cm³/mol. The molecule has 0 fully saturated rings. The van der Waals surface area contributed by atoms with Crippen LogP contribution in [0.3, 0.4) is 0 Å². The summed E-state index contributed by atoms with van der Waals surface area (Å²) in [5, 5.41) is 3.76. The predicted octanol–water partition coefficient (Wildman–Crippen LogP) is 3.12. The lowest BCUT2D eigenvalue weighted by molar-refractivity contribution is 0.491. The Kier molecular flexibility index (Phi) is 2.41. The molecule has 6 heteroatoms. The van der Waals surface area contributed by atoms with E-state index in [2.05, 4.69) is 10.0 Å². The third-order valence-corrected chi connectivity index (χ3v) is 3.94. The van der Waals surface area contributed by atoms with Crippen LogP contribution in [-0.2, 0) is 6.42 Å². The van der Waals surface area contributed by atoms with Crippen molar-refractivity contribution >= 4 is 5.69 Å². The van der Waals surface area contributed by atoms with Gasteiger partial charge in [-0.15, -0.1) is 0 Å². The van der Waals surface area contributed by atoms with Gasteiger partial charge in [-0.1, -0.05) is 12.0 Å². The Balaban J connectivity index is 2.19. The van der Waals surface area contributed by atoms with Gasteiger partial charge in [-0.25, -0.2) is 8.78 Å². The Morgan fingerprint density at radius 2 is 2.28 bits per heavy atom. The third kappa shape index (κ3) is 1.39. The minimum atomic E-state index is -0.806. The minimum Gasteiger partial charge on any atom is -0.370 e. The van der Waals surface area contributed by atoms with E-state index in [0.29, 0.717) is 25.1 Å². The fourth-order valence-electron chi connectivity index (χ4n) is 2.97. The molecule has 0 saturated carbocycles. The zero-order valence-corrected chi connectivity index (χ0v) is 9.90. The molecule has 0 saturated heterocycles. The van der Waals surface area contributed by atoms with Gasteiger partial charge >= 0.3 is 0 Å². The zero-order chi connectivity index (χ0) is 12.9. The van der Waals surface area contributed by atoms with Crippen molar-refractivity contribution in [2.24, 2.45) is 5.11 Å². The van der Waals surface area contributed by atoms with Gasteiger partial charge in [0.25, 0.3) is 0 Å². The monoisotopic (exact) mass is 250 g/mol. The van der Waals surface area contributed by atoms with Crippen molar-refractivity contribution in [3.05, 3.63) is 39.3 Å². The molecule has 4 nitrogen and oxygen atoms in total. The molecule has 0 spiro atoms. The molecule has 0 amide bonds. The lowest BCUT2D eigenvalue weighted by Gasteiger charge is -2.35. The molecule has 2 aliphatic heterocycles. The average molecular weight is 250 g/mol. The molecular weight excluding hydrogens is 238 g/mol. The van der Waals surface area contributed by atoms with Crippen LogP contribution in [0.4, 0.5) is 14.5 Å². The lowest BCUT2D eigenvalue weighted by Crippen LogP contribution is -2.37. The number of hydrogen-bond donors (Lipinski definition) is 0. The number of benzene rings is 1. The molecule has 2 unspecified atom stereocenters. The number of azide groups is 1. The highest BCUT2D eigenvalue weighted by Crippen LogP contribution is 2.43. The maximum atomic E-state index is 13.7. The number of hydrogen-bond acceptors (Lipinski definition) is 2. The Bertz CT molecular complexity index is 566. The number of nitrogens with zero attached hydrogens (tertiary/aromatic N) is 4. The Labute approximate surface area is 103 Å². The van der Waals surface area contributed by atoms with Gasteiger partial charge < -0.3 is 4.90 Å². The fraction of sp³-hybridized carbons (Fsp3) is 0.500. The molecule has 0 aromatic heterocycles. The summed E-state index contributed by atoms with van der Waals surface area (Å²) in [6, 6.07) is 1.02. The molecular formula is C12H12F2N4. The molecule has 18 heavy (non-hydrogen) atoms. The van der Waals surface area contributed by atoms with Crippen molar-refractivity contribution in [2.45, 2.75) is 25.3 Å². The highest BCUT2D eigenvalue weighted by atomic mass is 19.2. The molecule has 3 rings (SSSR count). The average Bonchev–Trinajstić information content (AvgIpc) is 2.76. The largest absolute Gasteiger partial charge is 0.370 e. The van der Waals surface area contributed by atoms with Crippen LogP contribution in [-0.4, -0.2) is 19.1 Å². The second-order valence-electron chi connectivity index (χ2n) is 4.85. The van der Waals surface area contributed by atoms with E-state index in [4.69, 9.17) is 5.53 Å². The standard InChI is InChI=1S/C12H12F2N4/c1-6-8-4-9(13)11(14)7-2-3-18(12(7)8)5-10(6)16-17-15/h4,6,10H,2-3,5H2,1H3. The molecule has 2 atom stereocenters. The van der Waals surface area contributed by atoms with Crippen molar-refractivity contribution < 1.29 is 8.78 Å². The minimum absolute atomic E-state index is 0.0842. The van der Waals surface area contributed by atoms with Gasteiger partial charge in [0.15, 0.2) is 11.6 Å². The molecule has 0 N–H and O–H groups in total. The van der Waals surface area contributed by atoms with E-state index in [1.165, 1.54) is 6.07 Å². The SMILES string of the molecule is CC1c2cc(F)c(F)c3c2N(CC3)CC1N=[N+]=[N-]. The van der Waals surface area contributed by atoms with Crippen LogP contribution in [0, 0.1) is 11.6 Å². The zero-order valence-electron chi connectivity index (χ0n) is 9.90. The molecule has 1 aromatic rings. The van der Waals surface area contributed by atoms with Gasteiger partial charge in [0, 0.05) is 29.3 Å². The second kappa shape index (κ2) is 3.85. The quantitative estimate of drug-likeness (QED) is 0.429. The van der Waals surface area contributed by atoms with Gasteiger partial charge in [-0.05, 0) is 29.5 Å². The summed E-state index contributed by atoms with van der Waals surface area (Å²) in [5.41, 5.74) is 10.6. The maximum absolute atomic E-state index is 13.7. The molecule has 1 aromatic carbocycles. The van der Waals surface area contributed by atoms with E-state index < -0.39 is 11.6 Å². The van der Waals surface area contributed by atoms with Crippen LogP contribution in [0.1, 0.15) is 24.0 Å².